The topological polar surface area (TPSA) is 38.9 Å². The summed E-state index contributed by atoms with van der Waals surface area (Å²) in [4.78, 5) is 8.68. The van der Waals surface area contributed by atoms with Gasteiger partial charge in [-0.15, -0.1) is 53.6 Å². The van der Waals surface area contributed by atoms with E-state index in [2.05, 4.69) is 22.1 Å². The largest absolute Gasteiger partial charge is 0.501 e. The Kier molecular flexibility index (Phi) is 6.25. The fraction of sp³-hybridized carbons (Fsp3) is 0.0909. The van der Waals surface area contributed by atoms with E-state index in [4.69, 9.17) is 20.9 Å². The SMILES string of the molecule is [2H]C([2H])([2H])c1c[c-]c(-c2cc(-c3ccccc3)c(C([2H])([2H])[2H])cn2)cc1.[2H]C([2H])([2H])c1ccccc1-c1cc(-c2[c-]ccc3c2oc2ccccc23)ncc1C([2H])([2H])[2H].[Ir]. The predicted octanol–water partition coefficient (Wildman–Crippen LogP) is 11.6. The number of pyridine rings is 2. The summed E-state index contributed by atoms with van der Waals surface area (Å²) in [5, 5.41) is 1.85. The van der Waals surface area contributed by atoms with Gasteiger partial charge in [0.05, 0.1) is 5.58 Å². The van der Waals surface area contributed by atoms with Crippen molar-refractivity contribution in [2.75, 3.05) is 0 Å². The number of fused-ring (bicyclic) bond motifs is 3. The fourth-order valence-electron chi connectivity index (χ4n) is 5.46. The van der Waals surface area contributed by atoms with Gasteiger partial charge in [0.1, 0.15) is 5.58 Å². The van der Waals surface area contributed by atoms with Crippen LogP contribution in [0.5, 0.6) is 0 Å². The van der Waals surface area contributed by atoms with Crippen LogP contribution in [0.2, 0.25) is 0 Å². The number of hydrogen-bond donors (Lipinski definition) is 0. The summed E-state index contributed by atoms with van der Waals surface area (Å²) in [6.45, 7) is -9.36. The zero-order valence-corrected chi connectivity index (χ0v) is 27.7. The Morgan fingerprint density at radius 3 is 2.12 bits per heavy atom. The molecule has 0 unspecified atom stereocenters. The molecule has 0 fully saturated rings. The second-order valence-electron chi connectivity index (χ2n) is 10.8. The first-order valence-corrected chi connectivity index (χ1v) is 14.8. The molecule has 3 heterocycles. The Labute approximate surface area is 312 Å². The van der Waals surface area contributed by atoms with Crippen LogP contribution in [-0.2, 0) is 20.1 Å². The van der Waals surface area contributed by atoms with E-state index >= 15 is 0 Å². The molecule has 3 aromatic heterocycles. The van der Waals surface area contributed by atoms with Gasteiger partial charge in [-0.2, -0.15) is 0 Å². The second kappa shape index (κ2) is 14.3. The van der Waals surface area contributed by atoms with Crippen molar-refractivity contribution >= 4 is 21.9 Å². The van der Waals surface area contributed by atoms with E-state index < -0.39 is 27.4 Å². The molecule has 0 bridgehead atoms. The summed E-state index contributed by atoms with van der Waals surface area (Å²) in [5.41, 5.74) is 5.90. The number of benzene rings is 5. The molecule has 0 saturated heterocycles. The number of para-hydroxylation sites is 1. The summed E-state index contributed by atoms with van der Waals surface area (Å²) in [6.07, 6.45) is 2.65. The number of hydrogen-bond acceptors (Lipinski definition) is 3. The first-order valence-electron chi connectivity index (χ1n) is 20.8. The Morgan fingerprint density at radius 1 is 0.604 bits per heavy atom. The van der Waals surface area contributed by atoms with Gasteiger partial charge in [-0.3, -0.25) is 0 Å². The molecule has 4 heteroatoms. The molecule has 3 nitrogen and oxygen atoms in total. The van der Waals surface area contributed by atoms with Crippen molar-refractivity contribution in [2.24, 2.45) is 0 Å². The Morgan fingerprint density at radius 2 is 1.33 bits per heavy atom. The van der Waals surface area contributed by atoms with Crippen molar-refractivity contribution < 1.29 is 41.0 Å². The molecular formula is C44H34IrN2O-2. The van der Waals surface area contributed by atoms with Gasteiger partial charge >= 0.3 is 0 Å². The van der Waals surface area contributed by atoms with Crippen LogP contribution in [0, 0.1) is 39.5 Å². The van der Waals surface area contributed by atoms with Gasteiger partial charge in [-0.05, 0) is 77.0 Å². The summed E-state index contributed by atoms with van der Waals surface area (Å²) >= 11 is 0. The van der Waals surface area contributed by atoms with E-state index in [9.17, 15) is 0 Å². The van der Waals surface area contributed by atoms with Gasteiger partial charge in [0, 0.05) is 54.3 Å². The van der Waals surface area contributed by atoms with Gasteiger partial charge in [0.15, 0.2) is 0 Å². The molecule has 0 spiro atoms. The first-order chi connectivity index (χ1) is 27.8. The van der Waals surface area contributed by atoms with Crippen molar-refractivity contribution in [3.63, 3.8) is 0 Å². The predicted molar refractivity (Wildman–Crippen MR) is 194 cm³/mol. The molecule has 0 atom stereocenters. The maximum absolute atomic E-state index is 8.00. The monoisotopic (exact) mass is 811 g/mol. The van der Waals surface area contributed by atoms with Gasteiger partial charge in [0.25, 0.3) is 0 Å². The molecule has 8 rings (SSSR count). The molecule has 1 radical (unpaired) electrons. The average molecular weight is 811 g/mol. The molecule has 48 heavy (non-hydrogen) atoms. The Bertz CT molecular complexity index is 2770. The minimum absolute atomic E-state index is 0. The quantitative estimate of drug-likeness (QED) is 0.166. The van der Waals surface area contributed by atoms with Crippen LogP contribution in [-0.4, -0.2) is 9.97 Å². The van der Waals surface area contributed by atoms with Crippen LogP contribution in [0.25, 0.3) is 66.7 Å². The van der Waals surface area contributed by atoms with Crippen molar-refractivity contribution in [3.05, 3.63) is 168 Å². The third-order valence-electron chi connectivity index (χ3n) is 7.79. The average Bonchev–Trinajstić information content (AvgIpc) is 3.59. The molecule has 0 amide bonds. The molecule has 8 aromatic rings. The number of furan rings is 1. The van der Waals surface area contributed by atoms with Crippen LogP contribution >= 0.6 is 0 Å². The summed E-state index contributed by atoms with van der Waals surface area (Å²) in [7, 11) is 0. The number of rotatable bonds is 4. The van der Waals surface area contributed by atoms with Crippen LogP contribution < -0.4 is 0 Å². The zero-order chi connectivity index (χ0) is 42.3. The molecular weight excluding hydrogens is 765 g/mol. The molecule has 0 aliphatic heterocycles. The summed E-state index contributed by atoms with van der Waals surface area (Å²) < 4.78 is 99.4. The number of aromatic nitrogens is 2. The fourth-order valence-corrected chi connectivity index (χ4v) is 5.46. The van der Waals surface area contributed by atoms with Crippen molar-refractivity contribution in [1.29, 1.82) is 0 Å². The smallest absolute Gasteiger partial charge is 0.120 e. The first kappa shape index (κ1) is 21.0. The van der Waals surface area contributed by atoms with E-state index in [0.717, 1.165) is 21.9 Å². The van der Waals surface area contributed by atoms with E-state index in [1.165, 1.54) is 30.6 Å². The number of aryl methyl sites for hydroxylation is 4. The normalized spacial score (nSPS) is 15.5. The Hall–Kier alpha value is -5.15. The van der Waals surface area contributed by atoms with Crippen molar-refractivity contribution in [3.8, 4) is 44.8 Å². The van der Waals surface area contributed by atoms with Crippen LogP contribution in [0.15, 0.2) is 138 Å². The maximum Gasteiger partial charge on any atom is 0.120 e. The van der Waals surface area contributed by atoms with Crippen LogP contribution in [0.4, 0.5) is 0 Å². The molecule has 0 N–H and O–H groups in total. The van der Waals surface area contributed by atoms with E-state index in [-0.39, 0.29) is 42.4 Å². The van der Waals surface area contributed by atoms with Gasteiger partial charge in [0.2, 0.25) is 0 Å². The molecule has 237 valence electrons. The molecule has 0 aliphatic rings. The maximum atomic E-state index is 8.00. The Balaban J connectivity index is 0.000000204. The minimum Gasteiger partial charge on any atom is -0.501 e. The van der Waals surface area contributed by atoms with Gasteiger partial charge in [-0.1, -0.05) is 103 Å². The van der Waals surface area contributed by atoms with E-state index in [1.807, 2.05) is 60.7 Å². The second-order valence-corrected chi connectivity index (χ2v) is 10.8. The van der Waals surface area contributed by atoms with Crippen molar-refractivity contribution in [2.45, 2.75) is 27.4 Å². The molecule has 5 aromatic carbocycles. The minimum atomic E-state index is -2.47. The molecule has 0 aliphatic carbocycles. The summed E-state index contributed by atoms with van der Waals surface area (Å²) in [6, 6.07) is 41.0. The van der Waals surface area contributed by atoms with Crippen LogP contribution in [0.3, 0.4) is 0 Å². The van der Waals surface area contributed by atoms with E-state index in [1.54, 1.807) is 42.5 Å². The molecule has 0 saturated carbocycles. The zero-order valence-electron chi connectivity index (χ0n) is 37.3. The summed E-state index contributed by atoms with van der Waals surface area (Å²) in [5.74, 6) is 0. The van der Waals surface area contributed by atoms with Gasteiger partial charge < -0.3 is 14.4 Å². The third kappa shape index (κ3) is 6.64. The van der Waals surface area contributed by atoms with Crippen molar-refractivity contribution in [1.82, 2.24) is 9.97 Å². The number of nitrogens with zero attached hydrogens (tertiary/aromatic N) is 2. The van der Waals surface area contributed by atoms with Gasteiger partial charge in [-0.25, -0.2) is 0 Å². The van der Waals surface area contributed by atoms with E-state index in [0.29, 0.717) is 44.8 Å². The van der Waals surface area contributed by atoms with Crippen LogP contribution in [0.1, 0.15) is 38.7 Å². The third-order valence-corrected chi connectivity index (χ3v) is 7.79. The standard InChI is InChI=1S/C25H18NO.C19H16N.Ir/c1-16-8-3-4-9-18(16)22-14-23(26-15-17(22)2)21-12-7-11-20-19-10-5-6-13-24(19)27-25(20)21;1-14-8-10-17(11-9-14)19-12-18(15(2)13-20-19)16-6-4-3-5-7-16;/h3-11,13-15H,1-2H3;3-10,12-13H,1-2H3;/q2*-1;/i2*1D3,2D3;.